The lowest BCUT2D eigenvalue weighted by molar-refractivity contribution is -0.597. The van der Waals surface area contributed by atoms with Crippen molar-refractivity contribution < 1.29 is 66.6 Å². The number of halogens is 11. The van der Waals surface area contributed by atoms with E-state index in [0.29, 0.717) is 0 Å². The first-order valence-electron chi connectivity index (χ1n) is 6.39. The van der Waals surface area contributed by atoms with E-state index in [9.17, 15) is 61.3 Å². The van der Waals surface area contributed by atoms with Gasteiger partial charge in [0.2, 0.25) is 0 Å². The van der Waals surface area contributed by atoms with Gasteiger partial charge in [-0.3, -0.25) is 0 Å². The van der Waals surface area contributed by atoms with Crippen molar-refractivity contribution in [1.29, 1.82) is 0 Å². The second-order valence-corrected chi connectivity index (χ2v) is 6.29. The van der Waals surface area contributed by atoms with Crippen molar-refractivity contribution in [2.45, 2.75) is 48.5 Å². The summed E-state index contributed by atoms with van der Waals surface area (Å²) in [6, 6.07) is 0. The molecule has 2 N–H and O–H groups in total. The van der Waals surface area contributed by atoms with Crippen LogP contribution in [0.5, 0.6) is 0 Å². The van der Waals surface area contributed by atoms with Crippen molar-refractivity contribution in [2.75, 3.05) is 14.1 Å². The third-order valence-electron chi connectivity index (χ3n) is 2.48. The molecule has 0 rings (SSSR count). The van der Waals surface area contributed by atoms with Gasteiger partial charge in [0.25, 0.3) is 0 Å². The van der Waals surface area contributed by atoms with Crippen molar-refractivity contribution in [3.8, 4) is 0 Å². The molecule has 0 aliphatic carbocycles. The smallest absolute Gasteiger partial charge is 0.402 e. The number of quaternary nitrogens is 1. The Bertz CT molecular complexity index is 545. The molecule has 0 aromatic carbocycles. The summed E-state index contributed by atoms with van der Waals surface area (Å²) in [6.45, 7) is 0. The summed E-state index contributed by atoms with van der Waals surface area (Å²) < 4.78 is 168. The Balaban J connectivity index is 0. The monoisotopic (exact) mass is 437 g/mol. The summed E-state index contributed by atoms with van der Waals surface area (Å²) in [7, 11) is -3.47. The highest BCUT2D eigenvalue weighted by Gasteiger charge is 2.82. The lowest BCUT2D eigenvalue weighted by atomic mass is 9.99. The normalized spacial score (nSPS) is 14.7. The first kappa shape index (κ1) is 27.3. The Hall–Kier alpha value is -0.900. The van der Waals surface area contributed by atoms with E-state index >= 15 is 0 Å². The molecule has 0 saturated heterocycles. The van der Waals surface area contributed by atoms with Gasteiger partial charge in [-0.1, -0.05) is 0 Å². The van der Waals surface area contributed by atoms with Crippen LogP contribution in [0.1, 0.15) is 19.3 Å². The number of nitrogens with two attached hydrogens (primary N) is 1. The average molecular weight is 437 g/mol. The molecule has 0 aromatic rings. The Morgan fingerprint density at radius 1 is 0.769 bits per heavy atom. The van der Waals surface area contributed by atoms with Crippen LogP contribution in [0.3, 0.4) is 0 Å². The molecular weight excluding hydrogens is 423 g/mol. The predicted molar refractivity (Wildman–Crippen MR) is 63.2 cm³/mol. The van der Waals surface area contributed by atoms with Crippen molar-refractivity contribution in [3.05, 3.63) is 0 Å². The zero-order valence-corrected chi connectivity index (χ0v) is 13.8. The van der Waals surface area contributed by atoms with Gasteiger partial charge in [0, 0.05) is 12.8 Å². The maximum absolute atomic E-state index is 13.0. The van der Waals surface area contributed by atoms with E-state index < -0.39 is 58.6 Å². The Morgan fingerprint density at radius 2 is 1.12 bits per heavy atom. The van der Waals surface area contributed by atoms with Crippen LogP contribution in [-0.4, -0.2) is 56.3 Å². The van der Waals surface area contributed by atoms with Gasteiger partial charge < -0.3 is 9.87 Å². The summed E-state index contributed by atoms with van der Waals surface area (Å²) in [4.78, 5) is 0. The van der Waals surface area contributed by atoms with E-state index in [-0.39, 0.29) is 0 Å². The lowest BCUT2D eigenvalue weighted by Crippen LogP contribution is -2.74. The van der Waals surface area contributed by atoms with Crippen molar-refractivity contribution >= 4 is 10.1 Å². The van der Waals surface area contributed by atoms with E-state index in [1.807, 2.05) is 19.4 Å². The molecule has 0 fully saturated rings. The first-order valence-corrected chi connectivity index (χ1v) is 7.80. The van der Waals surface area contributed by atoms with Crippen LogP contribution in [0.4, 0.5) is 48.3 Å². The summed E-state index contributed by atoms with van der Waals surface area (Å²) in [5, 5.41) is -5.11. The van der Waals surface area contributed by atoms with Crippen LogP contribution >= 0.6 is 0 Å². The third kappa shape index (κ3) is 6.07. The molecule has 4 nitrogen and oxygen atoms in total. The minimum absolute atomic E-state index is 1.84. The Kier molecular flexibility index (Phi) is 8.84. The third-order valence-corrected chi connectivity index (χ3v) is 3.37. The van der Waals surface area contributed by atoms with E-state index in [1.165, 1.54) is 0 Å². The molecule has 26 heavy (non-hydrogen) atoms. The summed E-state index contributed by atoms with van der Waals surface area (Å²) >= 11 is 0. The van der Waals surface area contributed by atoms with Crippen LogP contribution in [-0.2, 0) is 10.1 Å². The van der Waals surface area contributed by atoms with Crippen molar-refractivity contribution in [3.63, 3.8) is 0 Å². The minimum atomic E-state index is -7.47. The van der Waals surface area contributed by atoms with Gasteiger partial charge in [-0.2, -0.15) is 48.3 Å². The molecule has 16 heteroatoms. The van der Waals surface area contributed by atoms with Crippen LogP contribution in [0.15, 0.2) is 0 Å². The lowest BCUT2D eigenvalue weighted by Gasteiger charge is -2.37. The highest BCUT2D eigenvalue weighted by molar-refractivity contribution is 7.86. The number of alkyl halides is 11. The topological polar surface area (TPSA) is 73.8 Å². The molecule has 0 aliphatic rings. The van der Waals surface area contributed by atoms with Gasteiger partial charge in [0.05, 0.1) is 14.1 Å². The standard InChI is InChI=1S/C8H7F11O3S.C2H7N/c9-4(10,2-1-3-5(11,12)13)6(14,15)7(16,17)8(18,19)23(20,21)22;1-3-2/h1-3H2,(H,20,21,22);3H,1-2H3. The van der Waals surface area contributed by atoms with Crippen LogP contribution in [0.2, 0.25) is 0 Å². The zero-order chi connectivity index (χ0) is 21.8. The fourth-order valence-corrected chi connectivity index (χ4v) is 1.68. The Labute approximate surface area is 140 Å². The van der Waals surface area contributed by atoms with E-state index in [1.54, 1.807) is 0 Å². The molecule has 0 atom stereocenters. The fourth-order valence-electron chi connectivity index (χ4n) is 1.24. The number of hydrogen-bond acceptors (Lipinski definition) is 3. The first-order chi connectivity index (χ1) is 11.1. The second-order valence-electron chi connectivity index (χ2n) is 4.87. The number of hydrogen-bond donors (Lipinski definition) is 1. The van der Waals surface area contributed by atoms with Crippen molar-refractivity contribution in [1.82, 2.24) is 0 Å². The van der Waals surface area contributed by atoms with Crippen LogP contribution in [0, 0.1) is 0 Å². The van der Waals surface area contributed by atoms with E-state index in [0.717, 1.165) is 0 Å². The fraction of sp³-hybridized carbons (Fsp3) is 1.00. The van der Waals surface area contributed by atoms with E-state index in [4.69, 9.17) is 0 Å². The largest absolute Gasteiger partial charge is 0.743 e. The molecule has 0 bridgehead atoms. The summed E-state index contributed by atoms with van der Waals surface area (Å²) in [6.07, 6.45) is -11.7. The Morgan fingerprint density at radius 3 is 1.38 bits per heavy atom. The SMILES string of the molecule is C[NH2+]C.O=S(=O)([O-])C(F)(F)C(F)(F)C(F)(F)C(F)(F)CCCC(F)(F)F. The molecule has 160 valence electrons. The molecule has 0 amide bonds. The maximum Gasteiger partial charge on any atom is 0.402 e. The average Bonchev–Trinajstić information content (AvgIpc) is 2.35. The molecule has 0 aliphatic heterocycles. The predicted octanol–water partition coefficient (Wildman–Crippen LogP) is 2.57. The molecular formula is C10H14F11NO3S. The molecule has 0 saturated carbocycles. The van der Waals surface area contributed by atoms with Gasteiger partial charge in [-0.25, -0.2) is 8.42 Å². The zero-order valence-electron chi connectivity index (χ0n) is 13.0. The quantitative estimate of drug-likeness (QED) is 0.492. The molecule has 0 aromatic heterocycles. The van der Waals surface area contributed by atoms with Gasteiger partial charge in [-0.05, 0) is 6.42 Å². The summed E-state index contributed by atoms with van der Waals surface area (Å²) in [5.41, 5.74) is 0. The molecule has 0 unspecified atom stereocenters. The highest BCUT2D eigenvalue weighted by atomic mass is 32.2. The number of rotatable bonds is 7. The second kappa shape index (κ2) is 8.41. The summed E-state index contributed by atoms with van der Waals surface area (Å²) in [5.74, 6) is -20.6. The molecule has 0 radical (unpaired) electrons. The molecule has 0 heterocycles. The highest BCUT2D eigenvalue weighted by Crippen LogP contribution is 2.55. The van der Waals surface area contributed by atoms with E-state index in [2.05, 4.69) is 0 Å². The molecule has 0 spiro atoms. The van der Waals surface area contributed by atoms with Gasteiger partial charge >= 0.3 is 29.2 Å². The minimum Gasteiger partial charge on any atom is -0.743 e. The van der Waals surface area contributed by atoms with Gasteiger partial charge in [-0.15, -0.1) is 0 Å². The maximum atomic E-state index is 13.0. The van der Waals surface area contributed by atoms with Gasteiger partial charge in [0.1, 0.15) is 0 Å². The van der Waals surface area contributed by atoms with Crippen molar-refractivity contribution in [2.24, 2.45) is 0 Å². The van der Waals surface area contributed by atoms with Crippen LogP contribution < -0.4 is 5.32 Å². The van der Waals surface area contributed by atoms with Crippen LogP contribution in [0.25, 0.3) is 0 Å². The van der Waals surface area contributed by atoms with Gasteiger partial charge in [0.15, 0.2) is 10.1 Å².